The number of phenolic OH excluding ortho intramolecular Hbond substituents is 1. The topological polar surface area (TPSA) is 40.5 Å². The number of aliphatic hydroxyl groups excluding tert-OH is 1. The largest absolute Gasteiger partial charge is 0.507 e. The average Bonchev–Trinajstić information content (AvgIpc) is 2.42. The lowest BCUT2D eigenvalue weighted by atomic mass is 10.1. The number of rotatable bonds is 2. The number of aryl methyl sites for hydroxylation is 1. The molecule has 1 aromatic carbocycles. The van der Waals surface area contributed by atoms with E-state index in [1.54, 1.807) is 6.92 Å². The fourth-order valence-electron chi connectivity index (χ4n) is 1.18. The molecule has 23 heavy (non-hydrogen) atoms. The highest BCUT2D eigenvalue weighted by atomic mass is 19.4. The minimum atomic E-state index is -4.48. The number of hydrogen-bond donors (Lipinski definition) is 2. The third-order valence-corrected chi connectivity index (χ3v) is 2.11. The van der Waals surface area contributed by atoms with Crippen molar-refractivity contribution in [3.8, 4) is 5.75 Å². The Balaban J connectivity index is 0. The summed E-state index contributed by atoms with van der Waals surface area (Å²) in [4.78, 5) is 0. The van der Waals surface area contributed by atoms with Crippen molar-refractivity contribution in [3.63, 3.8) is 0 Å². The number of aromatic hydroxyl groups is 1. The Morgan fingerprint density at radius 3 is 1.91 bits per heavy atom. The number of allylic oxidation sites excluding steroid dienone is 3. The van der Waals surface area contributed by atoms with E-state index in [9.17, 15) is 17.6 Å². The lowest BCUT2D eigenvalue weighted by Gasteiger charge is -2.08. The molecule has 0 unspecified atom stereocenters. The van der Waals surface area contributed by atoms with Gasteiger partial charge in [0.05, 0.1) is 5.56 Å². The smallest absolute Gasteiger partial charge is 0.419 e. The van der Waals surface area contributed by atoms with Gasteiger partial charge in [-0.1, -0.05) is 44.2 Å². The normalized spacial score (nSPS) is 10.7. The van der Waals surface area contributed by atoms with Gasteiger partial charge in [-0.05, 0) is 32.1 Å². The van der Waals surface area contributed by atoms with Crippen molar-refractivity contribution in [1.82, 2.24) is 0 Å². The maximum atomic E-state index is 12.2. The van der Waals surface area contributed by atoms with E-state index >= 15 is 0 Å². The molecule has 2 nitrogen and oxygen atoms in total. The van der Waals surface area contributed by atoms with Gasteiger partial charge in [0.15, 0.2) is 5.83 Å². The molecule has 0 atom stereocenters. The Morgan fingerprint density at radius 2 is 1.65 bits per heavy atom. The van der Waals surface area contributed by atoms with Gasteiger partial charge >= 0.3 is 6.18 Å². The van der Waals surface area contributed by atoms with Crippen LogP contribution in [0.4, 0.5) is 17.6 Å². The number of aliphatic hydroxyl groups is 1. The van der Waals surface area contributed by atoms with Crippen LogP contribution in [0.3, 0.4) is 0 Å². The van der Waals surface area contributed by atoms with Gasteiger partial charge in [-0.25, -0.2) is 4.39 Å². The van der Waals surface area contributed by atoms with E-state index < -0.39 is 29.1 Å². The SMILES string of the molecule is C=C(C)/C=C(/F)C(=C)O.CC.Cc1ccc(O)c(C(F)(F)F)c1. The lowest BCUT2D eigenvalue weighted by molar-refractivity contribution is -0.138. The number of hydrogen-bond acceptors (Lipinski definition) is 2. The Hall–Kier alpha value is -2.24. The fraction of sp³-hybridized carbons (Fsp3) is 0.294. The van der Waals surface area contributed by atoms with E-state index in [2.05, 4.69) is 13.2 Å². The molecule has 0 amide bonds. The highest BCUT2D eigenvalue weighted by Crippen LogP contribution is 2.35. The Kier molecular flexibility index (Phi) is 10.5. The van der Waals surface area contributed by atoms with Gasteiger partial charge in [0.25, 0.3) is 0 Å². The van der Waals surface area contributed by atoms with Crippen molar-refractivity contribution < 1.29 is 27.8 Å². The summed E-state index contributed by atoms with van der Waals surface area (Å²) in [5.74, 6) is -2.02. The molecular formula is C17H22F4O2. The standard InChI is InChI=1S/C8H7F3O.C7H9FO.C2H6/c1-5-2-3-7(12)6(4-5)8(9,10)11;1-5(2)4-7(8)6(3)9;1-2/h2-4,12H,1H3;4,9H,1,3H2,2H3;1-2H3/b;7-4+;. The second-order valence-corrected chi connectivity index (χ2v) is 4.30. The summed E-state index contributed by atoms with van der Waals surface area (Å²) in [5.41, 5.74) is 0.0327. The molecule has 0 spiro atoms. The number of halogens is 4. The van der Waals surface area contributed by atoms with Crippen molar-refractivity contribution >= 4 is 0 Å². The highest BCUT2D eigenvalue weighted by molar-refractivity contribution is 5.37. The monoisotopic (exact) mass is 334 g/mol. The summed E-state index contributed by atoms with van der Waals surface area (Å²) in [6.45, 7) is 13.6. The fourth-order valence-corrected chi connectivity index (χ4v) is 1.18. The zero-order valence-electron chi connectivity index (χ0n) is 13.6. The molecule has 1 aromatic rings. The average molecular weight is 334 g/mol. The minimum absolute atomic E-state index is 0.472. The van der Waals surface area contributed by atoms with Crippen LogP contribution in [0.2, 0.25) is 0 Å². The summed E-state index contributed by atoms with van der Waals surface area (Å²) in [5, 5.41) is 17.2. The maximum Gasteiger partial charge on any atom is 0.419 e. The summed E-state index contributed by atoms with van der Waals surface area (Å²) < 4.78 is 48.4. The zero-order valence-corrected chi connectivity index (χ0v) is 13.6. The van der Waals surface area contributed by atoms with Crippen LogP contribution in [-0.4, -0.2) is 10.2 Å². The van der Waals surface area contributed by atoms with E-state index in [1.165, 1.54) is 13.0 Å². The molecule has 0 radical (unpaired) electrons. The second kappa shape index (κ2) is 10.5. The van der Waals surface area contributed by atoms with E-state index in [0.29, 0.717) is 11.1 Å². The van der Waals surface area contributed by atoms with Crippen LogP contribution in [0.5, 0.6) is 5.75 Å². The van der Waals surface area contributed by atoms with Crippen LogP contribution >= 0.6 is 0 Å². The molecule has 0 heterocycles. The Bertz CT molecular complexity index is 558. The molecular weight excluding hydrogens is 312 g/mol. The summed E-state index contributed by atoms with van der Waals surface area (Å²) in [6, 6.07) is 3.37. The first-order valence-corrected chi connectivity index (χ1v) is 6.73. The molecule has 0 aliphatic rings. The second-order valence-electron chi connectivity index (χ2n) is 4.30. The molecule has 0 bridgehead atoms. The van der Waals surface area contributed by atoms with Gasteiger partial charge in [0.1, 0.15) is 11.5 Å². The van der Waals surface area contributed by atoms with Gasteiger partial charge in [-0.15, -0.1) is 0 Å². The van der Waals surface area contributed by atoms with Crippen LogP contribution < -0.4 is 0 Å². The molecule has 130 valence electrons. The summed E-state index contributed by atoms with van der Waals surface area (Å²) in [7, 11) is 0. The predicted octanol–water partition coefficient (Wildman–Crippen LogP) is 6.23. The predicted molar refractivity (Wildman–Crippen MR) is 85.0 cm³/mol. The molecule has 0 aliphatic heterocycles. The first kappa shape index (κ1) is 23.0. The van der Waals surface area contributed by atoms with E-state index in [1.807, 2.05) is 13.8 Å². The van der Waals surface area contributed by atoms with Crippen LogP contribution in [-0.2, 0) is 6.18 Å². The van der Waals surface area contributed by atoms with Crippen molar-refractivity contribution in [1.29, 1.82) is 0 Å². The molecule has 6 heteroatoms. The van der Waals surface area contributed by atoms with Crippen LogP contribution in [0.15, 0.2) is 54.6 Å². The molecule has 0 aromatic heterocycles. The molecule has 1 rings (SSSR count). The summed E-state index contributed by atoms with van der Waals surface area (Å²) >= 11 is 0. The third kappa shape index (κ3) is 10.2. The number of alkyl halides is 3. The summed E-state index contributed by atoms with van der Waals surface area (Å²) in [6.07, 6.45) is -3.36. The van der Waals surface area contributed by atoms with Crippen molar-refractivity contribution in [2.24, 2.45) is 0 Å². The number of benzene rings is 1. The third-order valence-electron chi connectivity index (χ3n) is 2.11. The quantitative estimate of drug-likeness (QED) is 0.382. The lowest BCUT2D eigenvalue weighted by Crippen LogP contribution is -2.05. The minimum Gasteiger partial charge on any atom is -0.507 e. The van der Waals surface area contributed by atoms with Crippen LogP contribution in [0.25, 0.3) is 0 Å². The first-order chi connectivity index (χ1) is 10.4. The van der Waals surface area contributed by atoms with Crippen molar-refractivity contribution in [2.75, 3.05) is 0 Å². The van der Waals surface area contributed by atoms with E-state index in [0.717, 1.165) is 18.2 Å². The molecule has 0 saturated carbocycles. The molecule has 0 saturated heterocycles. The van der Waals surface area contributed by atoms with Crippen molar-refractivity contribution in [2.45, 2.75) is 33.9 Å². The van der Waals surface area contributed by atoms with E-state index in [4.69, 9.17) is 10.2 Å². The Morgan fingerprint density at radius 1 is 1.17 bits per heavy atom. The van der Waals surface area contributed by atoms with Gasteiger partial charge in [-0.2, -0.15) is 13.2 Å². The molecule has 0 fully saturated rings. The van der Waals surface area contributed by atoms with Crippen LogP contribution in [0, 0.1) is 6.92 Å². The maximum absolute atomic E-state index is 12.2. The first-order valence-electron chi connectivity index (χ1n) is 6.73. The van der Waals surface area contributed by atoms with Crippen molar-refractivity contribution in [3.05, 3.63) is 65.7 Å². The Labute approximate surface area is 134 Å². The highest BCUT2D eigenvalue weighted by Gasteiger charge is 2.33. The van der Waals surface area contributed by atoms with E-state index in [-0.39, 0.29) is 0 Å². The van der Waals surface area contributed by atoms with Gasteiger partial charge in [0, 0.05) is 0 Å². The van der Waals surface area contributed by atoms with Gasteiger partial charge < -0.3 is 10.2 Å². The van der Waals surface area contributed by atoms with Gasteiger partial charge in [-0.3, -0.25) is 0 Å². The van der Waals surface area contributed by atoms with Crippen LogP contribution in [0.1, 0.15) is 31.9 Å². The molecule has 0 aliphatic carbocycles. The van der Waals surface area contributed by atoms with Gasteiger partial charge in [0.2, 0.25) is 0 Å². The number of phenols is 1. The zero-order chi connectivity index (χ0) is 18.8. The molecule has 2 N–H and O–H groups in total.